The molecule has 0 bridgehead atoms. The zero-order valence-corrected chi connectivity index (χ0v) is 18.3. The molecular weight excluding hydrogens is 432 g/mol. The summed E-state index contributed by atoms with van der Waals surface area (Å²) in [4.78, 5) is 12.3. The first-order valence-electron chi connectivity index (χ1n) is 9.29. The van der Waals surface area contributed by atoms with E-state index in [4.69, 9.17) is 25.8 Å². The molecule has 1 aliphatic rings. The molecule has 1 aliphatic heterocycles. The molecule has 0 atom stereocenters. The number of methoxy groups -OCH3 is 2. The maximum Gasteiger partial charge on any atom is 0.262 e. The van der Waals surface area contributed by atoms with E-state index in [2.05, 4.69) is 5.32 Å². The van der Waals surface area contributed by atoms with E-state index in [1.807, 2.05) is 0 Å². The number of hydrogen-bond donors (Lipinski definition) is 1. The summed E-state index contributed by atoms with van der Waals surface area (Å²) < 4.78 is 43.2. The summed E-state index contributed by atoms with van der Waals surface area (Å²) in [5.41, 5.74) is 0.438. The Labute approximate surface area is 180 Å². The minimum Gasteiger partial charge on any atom is -0.497 e. The summed E-state index contributed by atoms with van der Waals surface area (Å²) in [7, 11) is -0.754. The second kappa shape index (κ2) is 9.55. The Bertz CT molecular complexity index is 1020. The van der Waals surface area contributed by atoms with Crippen LogP contribution in [-0.4, -0.2) is 52.5 Å². The van der Waals surface area contributed by atoms with Gasteiger partial charge < -0.3 is 19.5 Å². The van der Waals surface area contributed by atoms with Crippen LogP contribution in [0, 0.1) is 0 Å². The fourth-order valence-corrected chi connectivity index (χ4v) is 5.01. The van der Waals surface area contributed by atoms with Crippen molar-refractivity contribution in [1.82, 2.24) is 4.31 Å². The highest BCUT2D eigenvalue weighted by atomic mass is 35.5. The highest BCUT2D eigenvalue weighted by Gasteiger charge is 2.30. The number of sulfonamides is 1. The third-order valence-electron chi connectivity index (χ3n) is 4.63. The summed E-state index contributed by atoms with van der Waals surface area (Å²) in [6.45, 7) is 0.511. The average molecular weight is 455 g/mol. The van der Waals surface area contributed by atoms with Crippen LogP contribution in [-0.2, 0) is 14.8 Å². The Morgan fingerprint density at radius 1 is 1.07 bits per heavy atom. The van der Waals surface area contributed by atoms with Crippen LogP contribution in [0.4, 0.5) is 5.69 Å². The molecule has 0 aliphatic carbocycles. The van der Waals surface area contributed by atoms with E-state index < -0.39 is 15.9 Å². The number of carbonyl (C=O) groups is 1. The lowest BCUT2D eigenvalue weighted by Gasteiger charge is -2.18. The monoisotopic (exact) mass is 454 g/mol. The minimum absolute atomic E-state index is 0.0493. The zero-order valence-electron chi connectivity index (χ0n) is 16.7. The molecule has 10 heteroatoms. The summed E-state index contributed by atoms with van der Waals surface area (Å²) in [6, 6.07) is 9.27. The number of anilines is 1. The van der Waals surface area contributed by atoms with Crippen LogP contribution >= 0.6 is 11.6 Å². The standard InChI is InChI=1S/C20H23ClN2O6S/c1-27-15-6-7-16(18(12-15)28-2)22-20(24)13-29-17-8-5-14(21)11-19(17)30(25,26)23-9-3-4-10-23/h5-8,11-12H,3-4,9-10,13H2,1-2H3,(H,22,24). The number of ether oxygens (including phenoxy) is 3. The third kappa shape index (κ3) is 4.97. The number of nitrogens with one attached hydrogen (secondary N) is 1. The number of hydrogen-bond acceptors (Lipinski definition) is 6. The van der Waals surface area contributed by atoms with Gasteiger partial charge in [0.25, 0.3) is 5.91 Å². The van der Waals surface area contributed by atoms with Crippen molar-refractivity contribution < 1.29 is 27.4 Å². The van der Waals surface area contributed by atoms with Gasteiger partial charge in [0.1, 0.15) is 22.1 Å². The van der Waals surface area contributed by atoms with E-state index in [1.165, 1.54) is 36.7 Å². The Kier molecular flexibility index (Phi) is 7.06. The van der Waals surface area contributed by atoms with Gasteiger partial charge in [-0.25, -0.2) is 8.42 Å². The summed E-state index contributed by atoms with van der Waals surface area (Å²) >= 11 is 6.02. The summed E-state index contributed by atoms with van der Waals surface area (Å²) in [5, 5.41) is 2.95. The maximum absolute atomic E-state index is 12.9. The van der Waals surface area contributed by atoms with Crippen molar-refractivity contribution in [3.8, 4) is 17.2 Å². The fraction of sp³-hybridized carbons (Fsp3) is 0.350. The SMILES string of the molecule is COc1ccc(NC(=O)COc2ccc(Cl)cc2S(=O)(=O)N2CCCC2)c(OC)c1. The predicted molar refractivity (Wildman–Crippen MR) is 113 cm³/mol. The second-order valence-electron chi connectivity index (χ2n) is 6.61. The fourth-order valence-electron chi connectivity index (χ4n) is 3.10. The largest absolute Gasteiger partial charge is 0.497 e. The molecule has 2 aromatic carbocycles. The predicted octanol–water partition coefficient (Wildman–Crippen LogP) is 3.16. The van der Waals surface area contributed by atoms with E-state index in [0.717, 1.165) is 12.8 Å². The van der Waals surface area contributed by atoms with Gasteiger partial charge in [-0.1, -0.05) is 11.6 Å². The molecule has 0 unspecified atom stereocenters. The molecule has 1 heterocycles. The van der Waals surface area contributed by atoms with Crippen molar-refractivity contribution in [1.29, 1.82) is 0 Å². The average Bonchev–Trinajstić information content (AvgIpc) is 3.29. The van der Waals surface area contributed by atoms with Crippen LogP contribution in [0.2, 0.25) is 5.02 Å². The second-order valence-corrected chi connectivity index (χ2v) is 8.95. The maximum atomic E-state index is 12.9. The number of carbonyl (C=O) groups excluding carboxylic acids is 1. The number of amides is 1. The Balaban J connectivity index is 1.74. The Hall–Kier alpha value is -2.49. The molecule has 0 saturated carbocycles. The van der Waals surface area contributed by atoms with E-state index >= 15 is 0 Å². The number of halogens is 1. The van der Waals surface area contributed by atoms with Gasteiger partial charge >= 0.3 is 0 Å². The van der Waals surface area contributed by atoms with E-state index in [9.17, 15) is 13.2 Å². The lowest BCUT2D eigenvalue weighted by molar-refractivity contribution is -0.118. The number of rotatable bonds is 8. The lowest BCUT2D eigenvalue weighted by atomic mass is 10.2. The molecule has 0 aromatic heterocycles. The zero-order chi connectivity index (χ0) is 21.7. The molecule has 162 valence electrons. The van der Waals surface area contributed by atoms with Gasteiger partial charge in [-0.3, -0.25) is 4.79 Å². The quantitative estimate of drug-likeness (QED) is 0.658. The molecule has 1 amide bonds. The summed E-state index contributed by atoms with van der Waals surface area (Å²) in [5.74, 6) is 0.603. The van der Waals surface area contributed by atoms with Gasteiger partial charge in [-0.15, -0.1) is 0 Å². The number of nitrogens with zero attached hydrogens (tertiary/aromatic N) is 1. The molecular formula is C20H23ClN2O6S. The molecule has 1 saturated heterocycles. The first kappa shape index (κ1) is 22.2. The Morgan fingerprint density at radius 3 is 2.47 bits per heavy atom. The highest BCUT2D eigenvalue weighted by molar-refractivity contribution is 7.89. The van der Waals surface area contributed by atoms with Crippen molar-refractivity contribution in [3.05, 3.63) is 41.4 Å². The molecule has 8 nitrogen and oxygen atoms in total. The van der Waals surface area contributed by atoms with Crippen LogP contribution in [0.15, 0.2) is 41.3 Å². The van der Waals surface area contributed by atoms with Crippen molar-refractivity contribution >= 4 is 33.2 Å². The highest BCUT2D eigenvalue weighted by Crippen LogP contribution is 2.32. The van der Waals surface area contributed by atoms with Crippen molar-refractivity contribution in [3.63, 3.8) is 0 Å². The Morgan fingerprint density at radius 2 is 1.80 bits per heavy atom. The first-order valence-corrected chi connectivity index (χ1v) is 11.1. The van der Waals surface area contributed by atoms with Crippen LogP contribution in [0.25, 0.3) is 0 Å². The molecule has 1 fully saturated rings. The van der Waals surface area contributed by atoms with Gasteiger partial charge in [-0.2, -0.15) is 4.31 Å². The minimum atomic E-state index is -3.76. The van der Waals surface area contributed by atoms with Crippen molar-refractivity contribution in [2.45, 2.75) is 17.7 Å². The van der Waals surface area contributed by atoms with Crippen LogP contribution in [0.1, 0.15) is 12.8 Å². The molecule has 3 rings (SSSR count). The molecule has 0 radical (unpaired) electrons. The van der Waals surface area contributed by atoms with Crippen LogP contribution < -0.4 is 19.5 Å². The van der Waals surface area contributed by atoms with E-state index in [-0.39, 0.29) is 22.3 Å². The van der Waals surface area contributed by atoms with Gasteiger partial charge in [0, 0.05) is 24.2 Å². The molecule has 0 spiro atoms. The molecule has 1 N–H and O–H groups in total. The topological polar surface area (TPSA) is 94.2 Å². The van der Waals surface area contributed by atoms with Crippen LogP contribution in [0.3, 0.4) is 0 Å². The van der Waals surface area contributed by atoms with Gasteiger partial charge in [0.05, 0.1) is 19.9 Å². The first-order chi connectivity index (χ1) is 14.3. The lowest BCUT2D eigenvalue weighted by Crippen LogP contribution is -2.28. The van der Waals surface area contributed by atoms with E-state index in [0.29, 0.717) is 30.3 Å². The van der Waals surface area contributed by atoms with Crippen molar-refractivity contribution in [2.75, 3.05) is 39.2 Å². The third-order valence-corrected chi connectivity index (χ3v) is 6.79. The smallest absolute Gasteiger partial charge is 0.262 e. The normalized spacial score (nSPS) is 14.4. The number of benzene rings is 2. The molecule has 2 aromatic rings. The molecule has 30 heavy (non-hydrogen) atoms. The van der Waals surface area contributed by atoms with Crippen molar-refractivity contribution in [2.24, 2.45) is 0 Å². The van der Waals surface area contributed by atoms with E-state index in [1.54, 1.807) is 18.2 Å². The van der Waals surface area contributed by atoms with Gasteiger partial charge in [0.2, 0.25) is 10.0 Å². The van der Waals surface area contributed by atoms with Gasteiger partial charge in [0.15, 0.2) is 6.61 Å². The van der Waals surface area contributed by atoms with Crippen LogP contribution in [0.5, 0.6) is 17.2 Å². The summed E-state index contributed by atoms with van der Waals surface area (Å²) in [6.07, 6.45) is 1.62. The van der Waals surface area contributed by atoms with Gasteiger partial charge in [-0.05, 0) is 43.2 Å².